The molecule has 1 aliphatic heterocycles. The minimum absolute atomic E-state index is 0.0825. The fourth-order valence-electron chi connectivity index (χ4n) is 2.54. The Hall–Kier alpha value is -1.42. The molecule has 1 fully saturated rings. The molecule has 4 heteroatoms. The summed E-state index contributed by atoms with van der Waals surface area (Å²) in [5, 5.41) is 6.35. The summed E-state index contributed by atoms with van der Waals surface area (Å²) in [7, 11) is 0. The summed E-state index contributed by atoms with van der Waals surface area (Å²) in [5.41, 5.74) is 0.928. The van der Waals surface area contributed by atoms with Gasteiger partial charge in [-0.05, 0) is 50.9 Å². The molecule has 1 heterocycles. The maximum atomic E-state index is 12.9. The molecule has 0 aromatic heterocycles. The van der Waals surface area contributed by atoms with Crippen molar-refractivity contribution in [1.82, 2.24) is 10.6 Å². The second-order valence-corrected chi connectivity index (χ2v) is 5.36. The third kappa shape index (κ3) is 3.77. The van der Waals surface area contributed by atoms with E-state index in [-0.39, 0.29) is 23.7 Å². The van der Waals surface area contributed by atoms with Gasteiger partial charge in [-0.2, -0.15) is 0 Å². The molecule has 2 rings (SSSR count). The Morgan fingerprint density at radius 2 is 2.11 bits per heavy atom. The van der Waals surface area contributed by atoms with Crippen molar-refractivity contribution in [3.8, 4) is 0 Å². The Balaban J connectivity index is 1.92. The van der Waals surface area contributed by atoms with Crippen LogP contribution in [0.1, 0.15) is 38.3 Å². The van der Waals surface area contributed by atoms with Crippen molar-refractivity contribution in [2.75, 3.05) is 6.54 Å². The van der Waals surface area contributed by atoms with Gasteiger partial charge in [0.25, 0.3) is 0 Å². The topological polar surface area (TPSA) is 41.1 Å². The van der Waals surface area contributed by atoms with Gasteiger partial charge in [-0.1, -0.05) is 12.1 Å². The van der Waals surface area contributed by atoms with Crippen LogP contribution in [0.2, 0.25) is 0 Å². The second-order valence-electron chi connectivity index (χ2n) is 5.36. The predicted octanol–water partition coefficient (Wildman–Crippen LogP) is 2.39. The quantitative estimate of drug-likeness (QED) is 0.880. The number of benzene rings is 1. The highest BCUT2D eigenvalue weighted by atomic mass is 19.1. The molecule has 19 heavy (non-hydrogen) atoms. The van der Waals surface area contributed by atoms with Gasteiger partial charge in [0.05, 0.1) is 6.04 Å². The highest BCUT2D eigenvalue weighted by molar-refractivity contribution is 5.79. The van der Waals surface area contributed by atoms with Gasteiger partial charge < -0.3 is 10.6 Å². The average Bonchev–Trinajstić information content (AvgIpc) is 2.39. The predicted molar refractivity (Wildman–Crippen MR) is 73.1 cm³/mol. The number of piperidine rings is 1. The van der Waals surface area contributed by atoms with Crippen LogP contribution in [-0.4, -0.2) is 18.5 Å². The van der Waals surface area contributed by atoms with Crippen molar-refractivity contribution >= 4 is 5.91 Å². The number of amides is 1. The Bertz CT molecular complexity index is 432. The Labute approximate surface area is 113 Å². The first-order valence-corrected chi connectivity index (χ1v) is 6.85. The summed E-state index contributed by atoms with van der Waals surface area (Å²) in [6, 6.07) is 6.58. The standard InChI is InChI=1S/C15H21FN2O/c1-10-9-13(7-8-17-10)15(19)18-11(2)12-3-5-14(16)6-4-12/h3-6,10-11,13,17H,7-9H2,1-2H3,(H,18,19). The lowest BCUT2D eigenvalue weighted by Crippen LogP contribution is -2.42. The van der Waals surface area contributed by atoms with E-state index in [1.807, 2.05) is 6.92 Å². The van der Waals surface area contributed by atoms with E-state index in [1.54, 1.807) is 12.1 Å². The molecular formula is C15H21FN2O. The summed E-state index contributed by atoms with van der Waals surface area (Å²) in [6.45, 7) is 4.92. The Morgan fingerprint density at radius 3 is 2.74 bits per heavy atom. The number of hydrogen-bond donors (Lipinski definition) is 2. The fraction of sp³-hybridized carbons (Fsp3) is 0.533. The zero-order valence-corrected chi connectivity index (χ0v) is 11.4. The lowest BCUT2D eigenvalue weighted by Gasteiger charge is -2.28. The smallest absolute Gasteiger partial charge is 0.223 e. The third-order valence-electron chi connectivity index (χ3n) is 3.72. The van der Waals surface area contributed by atoms with Gasteiger partial charge in [-0.25, -0.2) is 4.39 Å². The van der Waals surface area contributed by atoms with Crippen LogP contribution in [0.3, 0.4) is 0 Å². The molecule has 0 bridgehead atoms. The monoisotopic (exact) mass is 264 g/mol. The largest absolute Gasteiger partial charge is 0.349 e. The number of rotatable bonds is 3. The van der Waals surface area contributed by atoms with E-state index < -0.39 is 0 Å². The minimum Gasteiger partial charge on any atom is -0.349 e. The van der Waals surface area contributed by atoms with Crippen LogP contribution in [-0.2, 0) is 4.79 Å². The Morgan fingerprint density at radius 1 is 1.42 bits per heavy atom. The van der Waals surface area contributed by atoms with Gasteiger partial charge in [0.1, 0.15) is 5.82 Å². The molecule has 1 amide bonds. The molecule has 0 aliphatic carbocycles. The van der Waals surface area contributed by atoms with Gasteiger partial charge >= 0.3 is 0 Å². The number of carbonyl (C=O) groups is 1. The lowest BCUT2D eigenvalue weighted by molar-refractivity contribution is -0.126. The first kappa shape index (κ1) is 14.0. The molecule has 0 saturated carbocycles. The molecule has 1 aromatic carbocycles. The molecular weight excluding hydrogens is 243 g/mol. The maximum Gasteiger partial charge on any atom is 0.223 e. The van der Waals surface area contributed by atoms with Crippen LogP contribution in [0.5, 0.6) is 0 Å². The van der Waals surface area contributed by atoms with Gasteiger partial charge in [0, 0.05) is 12.0 Å². The highest BCUT2D eigenvalue weighted by Gasteiger charge is 2.25. The molecule has 1 saturated heterocycles. The Kier molecular flexibility index (Phi) is 4.53. The van der Waals surface area contributed by atoms with Gasteiger partial charge in [-0.3, -0.25) is 4.79 Å². The minimum atomic E-state index is -0.255. The number of nitrogens with one attached hydrogen (secondary N) is 2. The summed E-state index contributed by atoms with van der Waals surface area (Å²) in [5.74, 6) is -0.0706. The molecule has 2 N–H and O–H groups in total. The number of hydrogen-bond acceptors (Lipinski definition) is 2. The van der Waals surface area contributed by atoms with Crippen LogP contribution < -0.4 is 10.6 Å². The highest BCUT2D eigenvalue weighted by Crippen LogP contribution is 2.19. The summed E-state index contributed by atoms with van der Waals surface area (Å²) in [6.07, 6.45) is 1.76. The molecule has 3 atom stereocenters. The van der Waals surface area contributed by atoms with Crippen molar-refractivity contribution in [1.29, 1.82) is 0 Å². The van der Waals surface area contributed by atoms with Crippen molar-refractivity contribution in [2.24, 2.45) is 5.92 Å². The van der Waals surface area contributed by atoms with Crippen molar-refractivity contribution in [2.45, 2.75) is 38.8 Å². The van der Waals surface area contributed by atoms with Crippen LogP contribution >= 0.6 is 0 Å². The number of carbonyl (C=O) groups excluding carboxylic acids is 1. The van der Waals surface area contributed by atoms with Gasteiger partial charge in [0.2, 0.25) is 5.91 Å². The third-order valence-corrected chi connectivity index (χ3v) is 3.72. The van der Waals surface area contributed by atoms with E-state index >= 15 is 0 Å². The molecule has 1 aromatic rings. The summed E-state index contributed by atoms with van der Waals surface area (Å²) < 4.78 is 12.9. The van der Waals surface area contributed by atoms with E-state index in [0.717, 1.165) is 24.9 Å². The van der Waals surface area contributed by atoms with Gasteiger partial charge in [-0.15, -0.1) is 0 Å². The van der Waals surface area contributed by atoms with Crippen molar-refractivity contribution in [3.63, 3.8) is 0 Å². The molecule has 3 unspecified atom stereocenters. The molecule has 1 aliphatic rings. The van der Waals surface area contributed by atoms with E-state index in [2.05, 4.69) is 17.6 Å². The first-order chi connectivity index (χ1) is 9.06. The zero-order chi connectivity index (χ0) is 13.8. The zero-order valence-electron chi connectivity index (χ0n) is 11.4. The number of halogens is 1. The van der Waals surface area contributed by atoms with Crippen LogP contribution in [0.25, 0.3) is 0 Å². The normalized spacial score (nSPS) is 24.8. The first-order valence-electron chi connectivity index (χ1n) is 6.85. The second kappa shape index (κ2) is 6.15. The van der Waals surface area contributed by atoms with Crippen LogP contribution in [0, 0.1) is 11.7 Å². The van der Waals surface area contributed by atoms with Crippen molar-refractivity contribution < 1.29 is 9.18 Å². The summed E-state index contributed by atoms with van der Waals surface area (Å²) >= 11 is 0. The molecule has 3 nitrogen and oxygen atoms in total. The lowest BCUT2D eigenvalue weighted by atomic mass is 9.92. The van der Waals surface area contributed by atoms with E-state index in [4.69, 9.17) is 0 Å². The van der Waals surface area contributed by atoms with Gasteiger partial charge in [0.15, 0.2) is 0 Å². The molecule has 104 valence electrons. The average molecular weight is 264 g/mol. The van der Waals surface area contributed by atoms with Crippen LogP contribution in [0.4, 0.5) is 4.39 Å². The molecule has 0 radical (unpaired) electrons. The van der Waals surface area contributed by atoms with E-state index in [1.165, 1.54) is 12.1 Å². The fourth-order valence-corrected chi connectivity index (χ4v) is 2.54. The summed E-state index contributed by atoms with van der Waals surface area (Å²) in [4.78, 5) is 12.2. The van der Waals surface area contributed by atoms with E-state index in [9.17, 15) is 9.18 Å². The SMILES string of the molecule is CC1CC(C(=O)NC(C)c2ccc(F)cc2)CCN1. The van der Waals surface area contributed by atoms with Crippen molar-refractivity contribution in [3.05, 3.63) is 35.6 Å². The van der Waals surface area contributed by atoms with Crippen LogP contribution in [0.15, 0.2) is 24.3 Å². The molecule has 0 spiro atoms. The van der Waals surface area contributed by atoms with E-state index in [0.29, 0.717) is 6.04 Å². The maximum absolute atomic E-state index is 12.9.